The molecule has 3 heterocycles. The number of aromatic nitrogens is 2. The van der Waals surface area contributed by atoms with E-state index in [2.05, 4.69) is 10.2 Å². The third kappa shape index (κ3) is 2.45. The zero-order valence-corrected chi connectivity index (χ0v) is 13.5. The Morgan fingerprint density at radius 3 is 3.04 bits per heavy atom. The minimum Gasteiger partial charge on any atom is -0.485 e. The van der Waals surface area contributed by atoms with Crippen LogP contribution in [0.5, 0.6) is 5.75 Å². The van der Waals surface area contributed by atoms with E-state index in [4.69, 9.17) is 25.8 Å². The molecule has 0 aliphatic rings. The fraction of sp³-hybridized carbons (Fsp3) is 0.133. The summed E-state index contributed by atoms with van der Waals surface area (Å²) in [6.07, 6.45) is 1.55. The molecule has 8 heteroatoms. The summed E-state index contributed by atoms with van der Waals surface area (Å²) in [4.78, 5) is 12.4. The Balaban J connectivity index is 1.92. The van der Waals surface area contributed by atoms with Gasteiger partial charge in [-0.3, -0.25) is 9.89 Å². The normalized spacial score (nSPS) is 11.3. The largest absolute Gasteiger partial charge is 0.485 e. The van der Waals surface area contributed by atoms with Crippen molar-refractivity contribution in [1.29, 1.82) is 0 Å². The molecule has 4 aromatic rings. The first-order chi connectivity index (χ1) is 11.1. The van der Waals surface area contributed by atoms with Crippen molar-refractivity contribution in [1.82, 2.24) is 10.2 Å². The van der Waals surface area contributed by atoms with Crippen LogP contribution < -0.4 is 10.2 Å². The average molecular weight is 346 g/mol. The number of aromatic amines is 1. The molecule has 0 unspecified atom stereocenters. The quantitative estimate of drug-likeness (QED) is 0.566. The number of furan rings is 1. The second-order valence-corrected chi connectivity index (χ2v) is 6.68. The maximum Gasteiger partial charge on any atom is 0.196 e. The SMILES string of the molecule is Cc1cc(=O)c2c(OCc3n[nH]c(=S)s3)c3ccoc3cc2o1. The van der Waals surface area contributed by atoms with E-state index in [0.29, 0.717) is 42.4 Å². The Kier molecular flexibility index (Phi) is 3.28. The highest BCUT2D eigenvalue weighted by atomic mass is 32.1. The molecule has 0 spiro atoms. The standard InChI is InChI=1S/C15H10N2O4S2/c1-7-4-9(18)13-11(21-7)5-10-8(2-3-19-10)14(13)20-6-12-16-17-15(22)23-12/h2-5H,6H2,1H3,(H,17,22). The maximum atomic E-state index is 12.4. The fourth-order valence-electron chi connectivity index (χ4n) is 2.44. The average Bonchev–Trinajstić information content (AvgIpc) is 3.11. The van der Waals surface area contributed by atoms with Crippen molar-refractivity contribution in [3.05, 3.63) is 49.4 Å². The van der Waals surface area contributed by atoms with Crippen LogP contribution in [0.2, 0.25) is 0 Å². The smallest absolute Gasteiger partial charge is 0.196 e. The van der Waals surface area contributed by atoms with Gasteiger partial charge in [-0.1, -0.05) is 11.3 Å². The lowest BCUT2D eigenvalue weighted by atomic mass is 10.1. The first-order valence-electron chi connectivity index (χ1n) is 6.73. The second-order valence-electron chi connectivity index (χ2n) is 4.93. The summed E-state index contributed by atoms with van der Waals surface area (Å²) in [6, 6.07) is 4.90. The number of rotatable bonds is 3. The summed E-state index contributed by atoms with van der Waals surface area (Å²) in [6.45, 7) is 1.93. The van der Waals surface area contributed by atoms with Gasteiger partial charge in [-0.05, 0) is 25.2 Å². The van der Waals surface area contributed by atoms with Gasteiger partial charge < -0.3 is 13.6 Å². The predicted molar refractivity (Wildman–Crippen MR) is 88.6 cm³/mol. The Bertz CT molecular complexity index is 1140. The number of H-pyrrole nitrogens is 1. The number of benzene rings is 1. The van der Waals surface area contributed by atoms with E-state index in [1.54, 1.807) is 25.3 Å². The monoisotopic (exact) mass is 346 g/mol. The lowest BCUT2D eigenvalue weighted by molar-refractivity contribution is 0.311. The summed E-state index contributed by atoms with van der Waals surface area (Å²) in [5.74, 6) is 0.964. The van der Waals surface area contributed by atoms with Crippen LogP contribution in [0.15, 0.2) is 38.1 Å². The van der Waals surface area contributed by atoms with Crippen molar-refractivity contribution >= 4 is 45.5 Å². The van der Waals surface area contributed by atoms with Crippen LogP contribution in [0.1, 0.15) is 10.8 Å². The van der Waals surface area contributed by atoms with Crippen LogP contribution in [-0.2, 0) is 6.61 Å². The van der Waals surface area contributed by atoms with Gasteiger partial charge >= 0.3 is 0 Å². The Morgan fingerprint density at radius 1 is 1.39 bits per heavy atom. The van der Waals surface area contributed by atoms with Gasteiger partial charge in [0.15, 0.2) is 14.4 Å². The first-order valence-corrected chi connectivity index (χ1v) is 7.96. The summed E-state index contributed by atoms with van der Waals surface area (Å²) >= 11 is 6.33. The topological polar surface area (TPSA) is 81.3 Å². The highest BCUT2D eigenvalue weighted by molar-refractivity contribution is 7.73. The third-order valence-electron chi connectivity index (χ3n) is 3.35. The molecule has 0 amide bonds. The molecule has 3 aromatic heterocycles. The molecule has 0 saturated carbocycles. The number of ether oxygens (including phenoxy) is 1. The van der Waals surface area contributed by atoms with E-state index in [9.17, 15) is 4.79 Å². The van der Waals surface area contributed by atoms with Gasteiger partial charge in [0.25, 0.3) is 0 Å². The van der Waals surface area contributed by atoms with Gasteiger partial charge in [0, 0.05) is 12.1 Å². The molecule has 0 bridgehead atoms. The lowest BCUT2D eigenvalue weighted by Gasteiger charge is -2.08. The van der Waals surface area contributed by atoms with Crippen LogP contribution in [-0.4, -0.2) is 10.2 Å². The van der Waals surface area contributed by atoms with Gasteiger partial charge in [0.05, 0.1) is 11.6 Å². The van der Waals surface area contributed by atoms with Crippen molar-refractivity contribution in [2.45, 2.75) is 13.5 Å². The molecule has 0 radical (unpaired) electrons. The van der Waals surface area contributed by atoms with E-state index < -0.39 is 0 Å². The Labute approximate surface area is 138 Å². The fourth-order valence-corrected chi connectivity index (χ4v) is 3.29. The third-order valence-corrected chi connectivity index (χ3v) is 4.41. The number of aryl methyl sites for hydroxylation is 1. The molecule has 6 nitrogen and oxygen atoms in total. The van der Waals surface area contributed by atoms with Gasteiger partial charge in [-0.2, -0.15) is 5.10 Å². The molecule has 0 aliphatic carbocycles. The van der Waals surface area contributed by atoms with E-state index in [1.165, 1.54) is 17.4 Å². The summed E-state index contributed by atoms with van der Waals surface area (Å²) < 4.78 is 17.5. The van der Waals surface area contributed by atoms with Crippen LogP contribution in [0.4, 0.5) is 0 Å². The molecular formula is C15H10N2O4S2. The minimum absolute atomic E-state index is 0.156. The zero-order valence-electron chi connectivity index (χ0n) is 11.9. The summed E-state index contributed by atoms with van der Waals surface area (Å²) in [7, 11) is 0. The van der Waals surface area contributed by atoms with Crippen molar-refractivity contribution in [2.24, 2.45) is 0 Å². The van der Waals surface area contributed by atoms with Crippen molar-refractivity contribution < 1.29 is 13.6 Å². The molecule has 0 aliphatic heterocycles. The van der Waals surface area contributed by atoms with Crippen molar-refractivity contribution in [3.63, 3.8) is 0 Å². The summed E-state index contributed by atoms with van der Waals surface area (Å²) in [5, 5.41) is 8.55. The molecule has 1 aromatic carbocycles. The highest BCUT2D eigenvalue weighted by Crippen LogP contribution is 2.34. The van der Waals surface area contributed by atoms with Crippen LogP contribution in [0.3, 0.4) is 0 Å². The van der Waals surface area contributed by atoms with Crippen LogP contribution in [0, 0.1) is 10.9 Å². The number of hydrogen-bond acceptors (Lipinski definition) is 7. The Hall–Kier alpha value is -2.45. The van der Waals surface area contributed by atoms with Crippen LogP contribution >= 0.6 is 23.6 Å². The maximum absolute atomic E-state index is 12.4. The molecule has 1 N–H and O–H groups in total. The molecular weight excluding hydrogens is 336 g/mol. The minimum atomic E-state index is -0.156. The van der Waals surface area contributed by atoms with E-state index in [0.717, 1.165) is 0 Å². The molecule has 0 saturated heterocycles. The van der Waals surface area contributed by atoms with E-state index in [-0.39, 0.29) is 12.0 Å². The van der Waals surface area contributed by atoms with Gasteiger partial charge in [-0.15, -0.1) is 0 Å². The molecule has 0 fully saturated rings. The molecule has 4 rings (SSSR count). The summed E-state index contributed by atoms with van der Waals surface area (Å²) in [5.41, 5.74) is 0.870. The van der Waals surface area contributed by atoms with Gasteiger partial charge in [0.1, 0.15) is 34.7 Å². The lowest BCUT2D eigenvalue weighted by Crippen LogP contribution is -2.05. The highest BCUT2D eigenvalue weighted by Gasteiger charge is 2.16. The van der Waals surface area contributed by atoms with E-state index in [1.807, 2.05) is 0 Å². The number of fused-ring (bicyclic) bond motifs is 2. The number of nitrogens with zero attached hydrogens (tertiary/aromatic N) is 1. The number of hydrogen-bond donors (Lipinski definition) is 1. The first kappa shape index (κ1) is 14.2. The number of nitrogens with one attached hydrogen (secondary N) is 1. The molecule has 23 heavy (non-hydrogen) atoms. The molecule has 116 valence electrons. The van der Waals surface area contributed by atoms with Gasteiger partial charge in [-0.25, -0.2) is 0 Å². The predicted octanol–water partition coefficient (Wildman–Crippen LogP) is 3.94. The van der Waals surface area contributed by atoms with Crippen molar-refractivity contribution in [2.75, 3.05) is 0 Å². The second kappa shape index (κ2) is 5.32. The Morgan fingerprint density at radius 2 is 2.26 bits per heavy atom. The van der Waals surface area contributed by atoms with Crippen LogP contribution in [0.25, 0.3) is 21.9 Å². The zero-order chi connectivity index (χ0) is 16.0. The van der Waals surface area contributed by atoms with Gasteiger partial charge in [0.2, 0.25) is 0 Å². The van der Waals surface area contributed by atoms with E-state index >= 15 is 0 Å². The molecule has 0 atom stereocenters. The van der Waals surface area contributed by atoms with Crippen molar-refractivity contribution in [3.8, 4) is 5.75 Å².